The lowest BCUT2D eigenvalue weighted by Gasteiger charge is -2.16. The summed E-state index contributed by atoms with van der Waals surface area (Å²) in [4.78, 5) is 15.7. The molecule has 1 heterocycles. The maximum atomic E-state index is 13.4. The van der Waals surface area contributed by atoms with E-state index in [1.807, 2.05) is 5.32 Å². The first kappa shape index (κ1) is 22.1. The number of nitrogens with zero attached hydrogens (tertiary/aromatic N) is 1. The number of hydrogen-bond donors (Lipinski definition) is 2. The number of aromatic nitrogens is 1. The van der Waals surface area contributed by atoms with Gasteiger partial charge in [0.1, 0.15) is 0 Å². The van der Waals surface area contributed by atoms with Crippen LogP contribution >= 0.6 is 23.2 Å². The molecule has 0 fully saturated rings. The highest BCUT2D eigenvalue weighted by Crippen LogP contribution is 2.40. The predicted octanol–water partition coefficient (Wildman–Crippen LogP) is 5.34. The lowest BCUT2D eigenvalue weighted by molar-refractivity contribution is -0.137. The summed E-state index contributed by atoms with van der Waals surface area (Å²) in [5.74, 6) is -1.15. The number of benzene rings is 1. The van der Waals surface area contributed by atoms with Gasteiger partial charge in [0.2, 0.25) is 0 Å². The van der Waals surface area contributed by atoms with E-state index in [0.717, 1.165) is 0 Å². The molecule has 0 radical (unpaired) electrons. The van der Waals surface area contributed by atoms with Gasteiger partial charge in [-0.15, -0.1) is 0 Å². The first-order valence-corrected chi connectivity index (χ1v) is 8.23. The highest BCUT2D eigenvalue weighted by Gasteiger charge is 2.37. The Labute approximate surface area is 164 Å². The molecule has 12 heteroatoms. The molecule has 2 aromatic rings. The molecular formula is C16H11Cl2F6N3O. The number of carbonyl (C=O) groups excluding carboxylic acids is 1. The number of rotatable bonds is 4. The molecule has 0 spiro atoms. The fraction of sp³-hybridized carbons (Fsp3) is 0.250. The molecule has 0 saturated carbocycles. The summed E-state index contributed by atoms with van der Waals surface area (Å²) in [5.41, 5.74) is 2.04. The van der Waals surface area contributed by atoms with Crippen molar-refractivity contribution >= 4 is 34.8 Å². The van der Waals surface area contributed by atoms with Crippen LogP contribution < -0.4 is 11.1 Å². The van der Waals surface area contributed by atoms with Gasteiger partial charge in [0.25, 0.3) is 5.91 Å². The first-order valence-electron chi connectivity index (χ1n) is 7.47. The van der Waals surface area contributed by atoms with Crippen LogP contribution in [0.1, 0.15) is 22.5 Å². The van der Waals surface area contributed by atoms with Crippen LogP contribution in [0.25, 0.3) is 11.3 Å². The summed E-state index contributed by atoms with van der Waals surface area (Å²) in [5, 5.41) is 1.91. The lowest BCUT2D eigenvalue weighted by Crippen LogP contribution is -2.29. The fourth-order valence-corrected chi connectivity index (χ4v) is 2.71. The monoisotopic (exact) mass is 445 g/mol. The molecule has 4 nitrogen and oxygen atoms in total. The molecule has 0 aliphatic rings. The van der Waals surface area contributed by atoms with Crippen LogP contribution in [0.15, 0.2) is 24.3 Å². The van der Waals surface area contributed by atoms with E-state index in [2.05, 4.69) is 4.98 Å². The molecule has 3 N–H and O–H groups in total. The highest BCUT2D eigenvalue weighted by molar-refractivity contribution is 6.36. The smallest absolute Gasteiger partial charge is 0.397 e. The van der Waals surface area contributed by atoms with Crippen molar-refractivity contribution in [3.05, 3.63) is 45.6 Å². The summed E-state index contributed by atoms with van der Waals surface area (Å²) in [6.45, 7) is -0.790. The predicted molar refractivity (Wildman–Crippen MR) is 92.1 cm³/mol. The van der Waals surface area contributed by atoms with Crippen molar-refractivity contribution in [1.82, 2.24) is 10.3 Å². The molecule has 1 amide bonds. The SMILES string of the molecule is Nc1cc(C(F)(F)F)c(-c2ccc(Cl)cc2Cl)nc1C(=O)NCCC(F)(F)F. The molecule has 152 valence electrons. The van der Waals surface area contributed by atoms with Crippen LogP contribution in [-0.2, 0) is 6.18 Å². The molecule has 0 bridgehead atoms. The molecule has 0 atom stereocenters. The standard InChI is InChI=1S/C16H11Cl2F6N3O/c17-7-1-2-8(10(18)5-7)12-9(16(22,23)24)6-11(25)13(27-12)14(28)26-4-3-15(19,20)21/h1-2,5-6H,3-4,25H2,(H,26,28). The number of pyridine rings is 1. The van der Waals surface area contributed by atoms with E-state index < -0.39 is 53.9 Å². The van der Waals surface area contributed by atoms with E-state index in [1.165, 1.54) is 18.2 Å². The van der Waals surface area contributed by atoms with Crippen LogP contribution in [0.5, 0.6) is 0 Å². The molecule has 28 heavy (non-hydrogen) atoms. The van der Waals surface area contributed by atoms with Crippen molar-refractivity contribution in [2.75, 3.05) is 12.3 Å². The summed E-state index contributed by atoms with van der Waals surface area (Å²) < 4.78 is 76.8. The molecule has 2 rings (SSSR count). The number of nitrogens with two attached hydrogens (primary N) is 1. The second-order valence-corrected chi connectivity index (χ2v) is 6.41. The third kappa shape index (κ3) is 5.41. The van der Waals surface area contributed by atoms with Crippen LogP contribution in [0.4, 0.5) is 32.0 Å². The van der Waals surface area contributed by atoms with Gasteiger partial charge in [-0.2, -0.15) is 26.3 Å². The third-order valence-corrected chi connectivity index (χ3v) is 4.00. The van der Waals surface area contributed by atoms with E-state index in [9.17, 15) is 31.1 Å². The van der Waals surface area contributed by atoms with Gasteiger partial charge in [-0.1, -0.05) is 23.2 Å². The van der Waals surface area contributed by atoms with Gasteiger partial charge in [-0.05, 0) is 24.3 Å². The average Bonchev–Trinajstić information content (AvgIpc) is 2.53. The number of carbonyl (C=O) groups is 1. The second-order valence-electron chi connectivity index (χ2n) is 5.57. The van der Waals surface area contributed by atoms with Crippen LogP contribution in [-0.4, -0.2) is 23.6 Å². The van der Waals surface area contributed by atoms with Crippen molar-refractivity contribution in [3.63, 3.8) is 0 Å². The van der Waals surface area contributed by atoms with Crippen molar-refractivity contribution in [3.8, 4) is 11.3 Å². The largest absolute Gasteiger partial charge is 0.418 e. The Morgan fingerprint density at radius 3 is 2.29 bits per heavy atom. The van der Waals surface area contributed by atoms with Crippen molar-refractivity contribution < 1.29 is 31.1 Å². The van der Waals surface area contributed by atoms with Gasteiger partial charge >= 0.3 is 12.4 Å². The minimum atomic E-state index is -4.88. The highest BCUT2D eigenvalue weighted by atomic mass is 35.5. The number of nitrogens with one attached hydrogen (secondary N) is 1. The molecule has 1 aromatic carbocycles. The van der Waals surface area contributed by atoms with Crippen molar-refractivity contribution in [1.29, 1.82) is 0 Å². The van der Waals surface area contributed by atoms with E-state index in [4.69, 9.17) is 28.9 Å². The van der Waals surface area contributed by atoms with Gasteiger partial charge in [-0.25, -0.2) is 4.98 Å². The third-order valence-electron chi connectivity index (χ3n) is 3.45. The minimum absolute atomic E-state index is 0.155. The number of amides is 1. The van der Waals surface area contributed by atoms with Gasteiger partial charge < -0.3 is 11.1 Å². The first-order chi connectivity index (χ1) is 12.8. The van der Waals surface area contributed by atoms with Gasteiger partial charge in [-0.3, -0.25) is 4.79 Å². The molecule has 1 aromatic heterocycles. The zero-order chi connectivity index (χ0) is 21.3. The number of halogens is 8. The number of nitrogen functional groups attached to an aromatic ring is 1. The summed E-state index contributed by atoms with van der Waals surface area (Å²) in [6, 6.07) is 4.10. The fourth-order valence-electron chi connectivity index (χ4n) is 2.22. The Kier molecular flexibility index (Phi) is 6.34. The number of alkyl halides is 6. The lowest BCUT2D eigenvalue weighted by atomic mass is 10.0. The number of anilines is 1. The Hall–Kier alpha value is -2.20. The Balaban J connectivity index is 2.51. The summed E-state index contributed by atoms with van der Waals surface area (Å²) >= 11 is 11.7. The molecule has 0 aliphatic carbocycles. The molecule has 0 aliphatic heterocycles. The van der Waals surface area contributed by atoms with Gasteiger partial charge in [0, 0.05) is 17.1 Å². The van der Waals surface area contributed by atoms with Crippen LogP contribution in [0.2, 0.25) is 10.0 Å². The van der Waals surface area contributed by atoms with E-state index in [-0.39, 0.29) is 15.6 Å². The summed E-state index contributed by atoms with van der Waals surface area (Å²) in [6.07, 6.45) is -10.7. The Bertz CT molecular complexity index is 899. The van der Waals surface area contributed by atoms with Crippen LogP contribution in [0.3, 0.4) is 0 Å². The van der Waals surface area contributed by atoms with Crippen molar-refractivity contribution in [2.45, 2.75) is 18.8 Å². The van der Waals surface area contributed by atoms with Gasteiger partial charge in [0.15, 0.2) is 5.69 Å². The zero-order valence-electron chi connectivity index (χ0n) is 13.7. The van der Waals surface area contributed by atoms with E-state index >= 15 is 0 Å². The maximum Gasteiger partial charge on any atom is 0.418 e. The van der Waals surface area contributed by atoms with E-state index in [1.54, 1.807) is 0 Å². The zero-order valence-corrected chi connectivity index (χ0v) is 15.2. The minimum Gasteiger partial charge on any atom is -0.397 e. The molecular weight excluding hydrogens is 435 g/mol. The van der Waals surface area contributed by atoms with Gasteiger partial charge in [0.05, 0.1) is 28.4 Å². The topological polar surface area (TPSA) is 68.0 Å². The van der Waals surface area contributed by atoms with Crippen LogP contribution in [0, 0.1) is 0 Å². The van der Waals surface area contributed by atoms with Crippen molar-refractivity contribution in [2.24, 2.45) is 0 Å². The Morgan fingerprint density at radius 2 is 1.75 bits per heavy atom. The summed E-state index contributed by atoms with van der Waals surface area (Å²) in [7, 11) is 0. The Morgan fingerprint density at radius 1 is 1.11 bits per heavy atom. The van der Waals surface area contributed by atoms with E-state index in [0.29, 0.717) is 6.07 Å². The maximum absolute atomic E-state index is 13.4. The normalized spacial score (nSPS) is 12.1. The average molecular weight is 446 g/mol. The second kappa shape index (κ2) is 8.04. The molecule has 0 saturated heterocycles. The molecule has 0 unspecified atom stereocenters. The quantitative estimate of drug-likeness (QED) is 0.624. The number of hydrogen-bond acceptors (Lipinski definition) is 3.